The second kappa shape index (κ2) is 4.97. The molecule has 0 radical (unpaired) electrons. The highest BCUT2D eigenvalue weighted by atomic mass is 19.3. The van der Waals surface area contributed by atoms with Gasteiger partial charge in [0, 0.05) is 5.56 Å². The normalized spacial score (nSPS) is 11.2. The van der Waals surface area contributed by atoms with Crippen molar-refractivity contribution in [2.75, 3.05) is 0 Å². The molecule has 0 unspecified atom stereocenters. The number of H-pyrrole nitrogens is 1. The van der Waals surface area contributed by atoms with Crippen LogP contribution in [-0.4, -0.2) is 19.9 Å². The van der Waals surface area contributed by atoms with Gasteiger partial charge in [-0.1, -0.05) is 0 Å². The lowest BCUT2D eigenvalue weighted by Gasteiger charge is -2.05. The van der Waals surface area contributed by atoms with Crippen molar-refractivity contribution >= 4 is 10.9 Å². The van der Waals surface area contributed by atoms with Crippen LogP contribution in [0.4, 0.5) is 13.2 Å². The van der Waals surface area contributed by atoms with Gasteiger partial charge < -0.3 is 4.98 Å². The van der Waals surface area contributed by atoms with E-state index in [4.69, 9.17) is 0 Å². The molecule has 106 valence electrons. The molecular weight excluding hydrogens is 285 g/mol. The molecule has 0 fully saturated rings. The second-order valence-corrected chi connectivity index (χ2v) is 4.21. The summed E-state index contributed by atoms with van der Waals surface area (Å²) in [4.78, 5) is 25.1. The van der Waals surface area contributed by atoms with Crippen molar-refractivity contribution in [3.05, 3.63) is 52.7 Å². The maximum atomic E-state index is 14.0. The van der Waals surface area contributed by atoms with Crippen LogP contribution in [0.2, 0.25) is 0 Å². The van der Waals surface area contributed by atoms with Crippen molar-refractivity contribution in [2.45, 2.75) is 6.43 Å². The van der Waals surface area contributed by atoms with E-state index in [9.17, 15) is 18.0 Å². The molecule has 3 aromatic rings. The summed E-state index contributed by atoms with van der Waals surface area (Å²) in [7, 11) is 0. The molecule has 21 heavy (non-hydrogen) atoms. The van der Waals surface area contributed by atoms with Crippen LogP contribution >= 0.6 is 0 Å². The number of hydrogen-bond acceptors (Lipinski definition) is 4. The van der Waals surface area contributed by atoms with E-state index in [1.165, 1.54) is 12.4 Å². The first kappa shape index (κ1) is 13.2. The fourth-order valence-corrected chi connectivity index (χ4v) is 1.87. The molecule has 0 aliphatic heterocycles. The van der Waals surface area contributed by atoms with Gasteiger partial charge >= 0.3 is 0 Å². The van der Waals surface area contributed by atoms with Crippen molar-refractivity contribution in [3.63, 3.8) is 0 Å². The van der Waals surface area contributed by atoms with E-state index in [1.54, 1.807) is 0 Å². The summed E-state index contributed by atoms with van der Waals surface area (Å²) in [5.74, 6) is -0.708. The monoisotopic (exact) mass is 292 g/mol. The first-order valence-electron chi connectivity index (χ1n) is 5.83. The number of rotatable bonds is 2. The molecule has 0 saturated heterocycles. The smallest absolute Gasteiger partial charge is 0.281 e. The highest BCUT2D eigenvalue weighted by Crippen LogP contribution is 2.24. The van der Waals surface area contributed by atoms with Gasteiger partial charge in [-0.15, -0.1) is 0 Å². The number of nitrogens with zero attached hydrogens (tertiary/aromatic N) is 3. The van der Waals surface area contributed by atoms with Crippen LogP contribution in [0.25, 0.3) is 22.2 Å². The molecule has 0 saturated carbocycles. The molecule has 0 bridgehead atoms. The average Bonchev–Trinajstić information content (AvgIpc) is 2.48. The third kappa shape index (κ3) is 2.35. The topological polar surface area (TPSA) is 71.5 Å². The van der Waals surface area contributed by atoms with E-state index in [0.29, 0.717) is 0 Å². The van der Waals surface area contributed by atoms with Crippen LogP contribution in [0.1, 0.15) is 12.1 Å². The molecule has 3 rings (SSSR count). The number of fused-ring (bicyclic) bond motifs is 1. The second-order valence-electron chi connectivity index (χ2n) is 4.21. The van der Waals surface area contributed by atoms with E-state index in [1.807, 2.05) is 0 Å². The van der Waals surface area contributed by atoms with Gasteiger partial charge in [0.2, 0.25) is 0 Å². The lowest BCUT2D eigenvalue weighted by atomic mass is 10.1. The molecule has 8 heteroatoms. The standard InChI is InChI=1S/C13H7F3N4O/c14-8-1-7-9(19-5-20-13(7)21)2-6(8)10-3-18-11(4-17-10)12(15)16/h1-5,12H,(H,19,20,21). The minimum atomic E-state index is -2.74. The molecule has 1 N–H and O–H groups in total. The Morgan fingerprint density at radius 3 is 2.57 bits per heavy atom. The van der Waals surface area contributed by atoms with Crippen molar-refractivity contribution in [3.8, 4) is 11.3 Å². The molecule has 5 nitrogen and oxygen atoms in total. The summed E-state index contributed by atoms with van der Waals surface area (Å²) >= 11 is 0. The van der Waals surface area contributed by atoms with Crippen LogP contribution in [0.5, 0.6) is 0 Å². The van der Waals surface area contributed by atoms with Crippen LogP contribution in [0, 0.1) is 5.82 Å². The van der Waals surface area contributed by atoms with Gasteiger partial charge in [-0.2, -0.15) is 0 Å². The largest absolute Gasteiger partial charge is 0.313 e. The van der Waals surface area contributed by atoms with Gasteiger partial charge in [0.1, 0.15) is 11.5 Å². The third-order valence-corrected chi connectivity index (χ3v) is 2.90. The van der Waals surface area contributed by atoms with Crippen LogP contribution < -0.4 is 5.56 Å². The first-order chi connectivity index (χ1) is 10.1. The number of hydrogen-bond donors (Lipinski definition) is 1. The predicted molar refractivity (Wildman–Crippen MR) is 68.3 cm³/mol. The molecule has 0 spiro atoms. The SMILES string of the molecule is O=c1[nH]cnc2cc(-c3cnc(C(F)F)cn3)c(F)cc12. The fraction of sp³-hybridized carbons (Fsp3) is 0.0769. The lowest BCUT2D eigenvalue weighted by Crippen LogP contribution is -2.07. The van der Waals surface area contributed by atoms with E-state index in [0.717, 1.165) is 18.5 Å². The summed E-state index contributed by atoms with van der Waals surface area (Å²) in [6.07, 6.45) is 0.388. The highest BCUT2D eigenvalue weighted by Gasteiger charge is 2.13. The van der Waals surface area contributed by atoms with E-state index < -0.39 is 23.5 Å². The number of nitrogens with one attached hydrogen (secondary N) is 1. The van der Waals surface area contributed by atoms with Gasteiger partial charge in [0.25, 0.3) is 12.0 Å². The number of aromatic amines is 1. The Balaban J connectivity index is 2.16. The summed E-state index contributed by atoms with van der Waals surface area (Å²) in [5, 5.41) is 0.0934. The summed E-state index contributed by atoms with van der Waals surface area (Å²) in [5.41, 5.74) is -0.566. The van der Waals surface area contributed by atoms with Crippen molar-refractivity contribution in [2.24, 2.45) is 0 Å². The van der Waals surface area contributed by atoms with E-state index >= 15 is 0 Å². The lowest BCUT2D eigenvalue weighted by molar-refractivity contribution is 0.145. The molecule has 0 aliphatic carbocycles. The zero-order valence-electron chi connectivity index (χ0n) is 10.3. The van der Waals surface area contributed by atoms with Gasteiger partial charge in [-0.3, -0.25) is 14.8 Å². The fourth-order valence-electron chi connectivity index (χ4n) is 1.87. The summed E-state index contributed by atoms with van der Waals surface area (Å²) in [6, 6.07) is 2.35. The number of aromatic nitrogens is 4. The van der Waals surface area contributed by atoms with Crippen molar-refractivity contribution in [1.82, 2.24) is 19.9 Å². The van der Waals surface area contributed by atoms with Gasteiger partial charge in [-0.05, 0) is 12.1 Å². The van der Waals surface area contributed by atoms with Crippen molar-refractivity contribution < 1.29 is 13.2 Å². The highest BCUT2D eigenvalue weighted by molar-refractivity contribution is 5.82. The van der Waals surface area contributed by atoms with Crippen LogP contribution in [-0.2, 0) is 0 Å². The van der Waals surface area contributed by atoms with E-state index in [2.05, 4.69) is 19.9 Å². The Hall–Kier alpha value is -2.77. The molecule has 2 aromatic heterocycles. The molecule has 0 atom stereocenters. The Morgan fingerprint density at radius 1 is 1.10 bits per heavy atom. The van der Waals surface area contributed by atoms with Crippen LogP contribution in [0.15, 0.2) is 35.6 Å². The third-order valence-electron chi connectivity index (χ3n) is 2.90. The molecule has 2 heterocycles. The van der Waals surface area contributed by atoms with E-state index in [-0.39, 0.29) is 22.2 Å². The average molecular weight is 292 g/mol. The maximum Gasteiger partial charge on any atom is 0.281 e. The molecule has 0 amide bonds. The number of alkyl halides is 2. The molecular formula is C13H7F3N4O. The first-order valence-corrected chi connectivity index (χ1v) is 5.83. The summed E-state index contributed by atoms with van der Waals surface area (Å²) in [6.45, 7) is 0. The predicted octanol–water partition coefficient (Wildman–Crippen LogP) is 2.46. The van der Waals surface area contributed by atoms with Gasteiger partial charge in [-0.25, -0.2) is 18.2 Å². The Labute approximate surface area is 115 Å². The minimum Gasteiger partial charge on any atom is -0.313 e. The maximum absolute atomic E-state index is 14.0. The Kier molecular flexibility index (Phi) is 3.13. The zero-order valence-corrected chi connectivity index (χ0v) is 10.3. The molecule has 0 aliphatic rings. The Morgan fingerprint density at radius 2 is 1.90 bits per heavy atom. The Bertz CT molecular complexity index is 861. The molecule has 1 aromatic carbocycles. The van der Waals surface area contributed by atoms with Crippen LogP contribution in [0.3, 0.4) is 0 Å². The number of benzene rings is 1. The van der Waals surface area contributed by atoms with Gasteiger partial charge in [0.15, 0.2) is 0 Å². The van der Waals surface area contributed by atoms with Crippen molar-refractivity contribution in [1.29, 1.82) is 0 Å². The quantitative estimate of drug-likeness (QED) is 0.787. The zero-order chi connectivity index (χ0) is 15.0. The number of halogens is 3. The minimum absolute atomic E-state index is 0.0360. The summed E-state index contributed by atoms with van der Waals surface area (Å²) < 4.78 is 38.9. The van der Waals surface area contributed by atoms with Gasteiger partial charge in [0.05, 0.1) is 35.3 Å².